The van der Waals surface area contributed by atoms with Crippen molar-refractivity contribution in [3.8, 4) is 0 Å². The molecule has 1 heterocycles. The van der Waals surface area contributed by atoms with Gasteiger partial charge in [0.2, 0.25) is 0 Å². The van der Waals surface area contributed by atoms with E-state index >= 15 is 0 Å². The predicted octanol–water partition coefficient (Wildman–Crippen LogP) is -0.497. The first-order valence-electron chi connectivity index (χ1n) is 2.99. The Morgan fingerprint density at radius 2 is 2.00 bits per heavy atom. The fraction of sp³-hybridized carbons (Fsp3) is 0. The molecule has 1 aromatic heterocycles. The number of carbonyl (C=O) groups excluding carboxylic acids is 1. The minimum atomic E-state index is -3.90. The second-order valence-corrected chi connectivity index (χ2v) is 4.57. The van der Waals surface area contributed by atoms with Gasteiger partial charge < -0.3 is 5.73 Å². The van der Waals surface area contributed by atoms with Crippen molar-refractivity contribution in [3.63, 3.8) is 0 Å². The molecule has 1 amide bonds. The minimum absolute atomic E-state index is 0.121. The first-order chi connectivity index (χ1) is 5.91. The third-order valence-electron chi connectivity index (χ3n) is 1.14. The van der Waals surface area contributed by atoms with E-state index < -0.39 is 20.0 Å². The van der Waals surface area contributed by atoms with Crippen LogP contribution in [0, 0.1) is 0 Å². The van der Waals surface area contributed by atoms with E-state index in [1.54, 1.807) is 0 Å². The van der Waals surface area contributed by atoms with Gasteiger partial charge in [-0.05, 0) is 12.1 Å². The molecular weight excluding hydrogens is 218 g/mol. The van der Waals surface area contributed by atoms with Gasteiger partial charge in [0.25, 0.3) is 15.0 Å². The van der Waals surface area contributed by atoms with Crippen molar-refractivity contribution < 1.29 is 13.2 Å². The Kier molecular flexibility index (Phi) is 2.48. The van der Waals surface area contributed by atoms with Gasteiger partial charge in [-0.15, -0.1) is 10.2 Å². The van der Waals surface area contributed by atoms with Crippen LogP contribution in [-0.2, 0) is 9.05 Å². The zero-order valence-electron chi connectivity index (χ0n) is 6.14. The van der Waals surface area contributed by atoms with Crippen molar-refractivity contribution in [3.05, 3.63) is 17.8 Å². The summed E-state index contributed by atoms with van der Waals surface area (Å²) in [7, 11) is 1.05. The third-order valence-corrected chi connectivity index (χ3v) is 2.33. The molecule has 70 valence electrons. The zero-order chi connectivity index (χ0) is 10.1. The van der Waals surface area contributed by atoms with Gasteiger partial charge in [0.05, 0.1) is 0 Å². The van der Waals surface area contributed by atoms with Gasteiger partial charge in [0.15, 0.2) is 10.7 Å². The lowest BCUT2D eigenvalue weighted by atomic mass is 10.4. The van der Waals surface area contributed by atoms with Gasteiger partial charge in [-0.2, -0.15) is 0 Å². The molecule has 1 aromatic rings. The van der Waals surface area contributed by atoms with Crippen LogP contribution in [0.4, 0.5) is 0 Å². The molecule has 8 heteroatoms. The standard InChI is InChI=1S/C5H4ClN3O3S/c6-13(11,12)4-2-1-3(5(7)10)8-9-4/h1-2H,(H2,7,10). The van der Waals surface area contributed by atoms with Crippen LogP contribution in [0.5, 0.6) is 0 Å². The lowest BCUT2D eigenvalue weighted by Gasteiger charge is -1.94. The largest absolute Gasteiger partial charge is 0.364 e. The van der Waals surface area contributed by atoms with E-state index in [0.29, 0.717) is 0 Å². The molecule has 0 aromatic carbocycles. The average Bonchev–Trinajstić information content (AvgIpc) is 2.03. The van der Waals surface area contributed by atoms with E-state index in [4.69, 9.17) is 16.4 Å². The summed E-state index contributed by atoms with van der Waals surface area (Å²) in [6.45, 7) is 0. The second-order valence-electron chi connectivity index (χ2n) is 2.06. The van der Waals surface area contributed by atoms with E-state index in [1.165, 1.54) is 0 Å². The maximum Gasteiger partial charge on any atom is 0.280 e. The summed E-state index contributed by atoms with van der Waals surface area (Å²) in [5.74, 6) is -0.786. The molecule has 2 N–H and O–H groups in total. The van der Waals surface area contributed by atoms with Crippen LogP contribution in [0.15, 0.2) is 17.2 Å². The molecule has 0 bridgehead atoms. The van der Waals surface area contributed by atoms with Crippen molar-refractivity contribution in [2.24, 2.45) is 5.73 Å². The summed E-state index contributed by atoms with van der Waals surface area (Å²) in [5, 5.41) is 6.04. The maximum atomic E-state index is 10.7. The molecule has 0 saturated carbocycles. The van der Waals surface area contributed by atoms with E-state index in [0.717, 1.165) is 12.1 Å². The Morgan fingerprint density at radius 1 is 1.38 bits per heavy atom. The number of nitrogens with two attached hydrogens (primary N) is 1. The summed E-state index contributed by atoms with van der Waals surface area (Å²) in [6, 6.07) is 2.18. The van der Waals surface area contributed by atoms with E-state index in [1.807, 2.05) is 0 Å². The number of rotatable bonds is 2. The Balaban J connectivity index is 3.16. The topological polar surface area (TPSA) is 103 Å². The van der Waals surface area contributed by atoms with Gasteiger partial charge in [-0.1, -0.05) is 0 Å². The predicted molar refractivity (Wildman–Crippen MR) is 43.6 cm³/mol. The van der Waals surface area contributed by atoms with Crippen LogP contribution < -0.4 is 5.73 Å². The lowest BCUT2D eigenvalue weighted by Crippen LogP contribution is -2.14. The number of hydrogen-bond acceptors (Lipinski definition) is 5. The smallest absolute Gasteiger partial charge is 0.280 e. The Bertz CT molecular complexity index is 427. The molecule has 0 fully saturated rings. The van der Waals surface area contributed by atoms with Crippen LogP contribution in [0.1, 0.15) is 10.5 Å². The summed E-state index contributed by atoms with van der Waals surface area (Å²) in [5.41, 5.74) is 4.73. The van der Waals surface area contributed by atoms with Crippen molar-refractivity contribution in [2.75, 3.05) is 0 Å². The van der Waals surface area contributed by atoms with Crippen molar-refractivity contribution in [2.45, 2.75) is 5.03 Å². The maximum absolute atomic E-state index is 10.7. The summed E-state index contributed by atoms with van der Waals surface area (Å²) in [4.78, 5) is 10.5. The lowest BCUT2D eigenvalue weighted by molar-refractivity contribution is 0.0994. The molecule has 0 aliphatic rings. The number of halogens is 1. The number of nitrogens with zero attached hydrogens (tertiary/aromatic N) is 2. The zero-order valence-corrected chi connectivity index (χ0v) is 7.71. The Labute approximate surface area is 78.1 Å². The fourth-order valence-electron chi connectivity index (χ4n) is 0.581. The number of amides is 1. The van der Waals surface area contributed by atoms with Gasteiger partial charge >= 0.3 is 0 Å². The molecule has 13 heavy (non-hydrogen) atoms. The van der Waals surface area contributed by atoms with E-state index in [-0.39, 0.29) is 5.69 Å². The highest BCUT2D eigenvalue weighted by Gasteiger charge is 2.13. The number of primary amides is 1. The van der Waals surface area contributed by atoms with Crippen LogP contribution in [-0.4, -0.2) is 24.5 Å². The Hall–Kier alpha value is -1.21. The first kappa shape index (κ1) is 9.87. The highest BCUT2D eigenvalue weighted by Crippen LogP contribution is 2.09. The molecule has 6 nitrogen and oxygen atoms in total. The molecule has 0 atom stereocenters. The van der Waals surface area contributed by atoms with Crippen LogP contribution in [0.3, 0.4) is 0 Å². The van der Waals surface area contributed by atoms with E-state index in [9.17, 15) is 13.2 Å². The first-order valence-corrected chi connectivity index (χ1v) is 5.30. The molecule has 0 aliphatic carbocycles. The SMILES string of the molecule is NC(=O)c1ccc(S(=O)(=O)Cl)nn1. The highest BCUT2D eigenvalue weighted by molar-refractivity contribution is 8.13. The quantitative estimate of drug-likeness (QED) is 0.679. The molecule has 0 unspecified atom stereocenters. The molecule has 0 radical (unpaired) electrons. The van der Waals surface area contributed by atoms with Crippen molar-refractivity contribution in [1.29, 1.82) is 0 Å². The average molecular weight is 222 g/mol. The molecule has 0 saturated heterocycles. The number of aromatic nitrogens is 2. The van der Waals surface area contributed by atoms with Gasteiger partial charge in [0, 0.05) is 10.7 Å². The Morgan fingerprint density at radius 3 is 2.31 bits per heavy atom. The molecule has 1 rings (SSSR count). The number of hydrogen-bond donors (Lipinski definition) is 1. The van der Waals surface area contributed by atoms with Gasteiger partial charge in [-0.25, -0.2) is 8.42 Å². The van der Waals surface area contributed by atoms with Crippen LogP contribution in [0.25, 0.3) is 0 Å². The molecular formula is C5H4ClN3O3S. The summed E-state index contributed by atoms with van der Waals surface area (Å²) < 4.78 is 21.3. The van der Waals surface area contributed by atoms with Gasteiger partial charge in [0.1, 0.15) is 0 Å². The van der Waals surface area contributed by atoms with Crippen molar-refractivity contribution >= 4 is 25.6 Å². The van der Waals surface area contributed by atoms with Gasteiger partial charge in [-0.3, -0.25) is 4.79 Å². The van der Waals surface area contributed by atoms with Crippen LogP contribution in [0.2, 0.25) is 0 Å². The molecule has 0 aliphatic heterocycles. The monoisotopic (exact) mass is 221 g/mol. The van der Waals surface area contributed by atoms with Crippen LogP contribution >= 0.6 is 10.7 Å². The normalized spacial score (nSPS) is 11.2. The number of carbonyl (C=O) groups is 1. The van der Waals surface area contributed by atoms with Crippen molar-refractivity contribution in [1.82, 2.24) is 10.2 Å². The third kappa shape index (κ3) is 2.36. The van der Waals surface area contributed by atoms with E-state index in [2.05, 4.69) is 10.2 Å². The summed E-state index contributed by atoms with van der Waals surface area (Å²) >= 11 is 0. The summed E-state index contributed by atoms with van der Waals surface area (Å²) in [6.07, 6.45) is 0. The molecule has 0 spiro atoms. The highest BCUT2D eigenvalue weighted by atomic mass is 35.7. The minimum Gasteiger partial charge on any atom is -0.364 e. The second kappa shape index (κ2) is 3.27. The fourth-order valence-corrected chi connectivity index (χ4v) is 1.20.